The number of carbonyl (C=O) groups excluding carboxylic acids is 1. The van der Waals surface area contributed by atoms with E-state index >= 15 is 0 Å². The van der Waals surface area contributed by atoms with Gasteiger partial charge in [-0.3, -0.25) is 9.89 Å². The predicted molar refractivity (Wildman–Crippen MR) is 66.8 cm³/mol. The largest absolute Gasteiger partial charge is 0.423 e. The second-order valence-corrected chi connectivity index (χ2v) is 4.71. The van der Waals surface area contributed by atoms with E-state index in [1.807, 2.05) is 0 Å². The molecular formula is C12H15N5O3. The molecule has 1 aliphatic heterocycles. The van der Waals surface area contributed by atoms with Gasteiger partial charge in [-0.25, -0.2) is 0 Å². The van der Waals surface area contributed by atoms with Gasteiger partial charge in [-0.2, -0.15) is 5.10 Å². The van der Waals surface area contributed by atoms with Crippen molar-refractivity contribution in [3.05, 3.63) is 29.7 Å². The van der Waals surface area contributed by atoms with Gasteiger partial charge in [0, 0.05) is 33.2 Å². The number of aryl methyl sites for hydroxylation is 1. The van der Waals surface area contributed by atoms with E-state index in [4.69, 9.17) is 9.15 Å². The number of methoxy groups -OCH3 is 1. The smallest absolute Gasteiger partial charge is 0.257 e. The molecule has 0 spiro atoms. The van der Waals surface area contributed by atoms with Crippen LogP contribution in [-0.4, -0.2) is 51.0 Å². The average molecular weight is 277 g/mol. The van der Waals surface area contributed by atoms with Gasteiger partial charge in [0.15, 0.2) is 0 Å². The number of likely N-dealkylation sites (tertiary alicyclic amines) is 1. The Morgan fingerprint density at radius 2 is 2.40 bits per heavy atom. The molecule has 1 N–H and O–H groups in total. The van der Waals surface area contributed by atoms with E-state index in [0.717, 1.165) is 0 Å². The molecule has 2 aromatic rings. The van der Waals surface area contributed by atoms with Gasteiger partial charge in [-0.05, 0) is 0 Å². The summed E-state index contributed by atoms with van der Waals surface area (Å²) in [5.74, 6) is 0.801. The highest BCUT2D eigenvalue weighted by Gasteiger charge is 2.39. The number of hydrogen-bond donors (Lipinski definition) is 1. The topological polar surface area (TPSA) is 97.1 Å². The normalized spacial score (nSPS) is 22.4. The SMILES string of the molecule is CO[C@H]1C[C@H](c2nnc(C)o2)N(C(=O)c2cn[nH]c2)C1. The van der Waals surface area contributed by atoms with Crippen LogP contribution in [-0.2, 0) is 4.74 Å². The van der Waals surface area contributed by atoms with Crippen LogP contribution in [0.2, 0.25) is 0 Å². The van der Waals surface area contributed by atoms with E-state index in [2.05, 4.69) is 20.4 Å². The number of aromatic amines is 1. The van der Waals surface area contributed by atoms with Crippen LogP contribution in [0.3, 0.4) is 0 Å². The summed E-state index contributed by atoms with van der Waals surface area (Å²) in [6.45, 7) is 2.22. The van der Waals surface area contributed by atoms with Crippen molar-refractivity contribution in [3.63, 3.8) is 0 Å². The van der Waals surface area contributed by atoms with Crippen LogP contribution in [0.4, 0.5) is 0 Å². The van der Waals surface area contributed by atoms with E-state index in [9.17, 15) is 4.79 Å². The molecule has 3 heterocycles. The molecular weight excluding hydrogens is 262 g/mol. The summed E-state index contributed by atoms with van der Waals surface area (Å²) in [7, 11) is 1.63. The summed E-state index contributed by atoms with van der Waals surface area (Å²) in [4.78, 5) is 14.2. The lowest BCUT2D eigenvalue weighted by atomic mass is 10.2. The number of ether oxygens (including phenoxy) is 1. The molecule has 1 fully saturated rings. The van der Waals surface area contributed by atoms with E-state index in [1.54, 1.807) is 25.1 Å². The molecule has 0 radical (unpaired) electrons. The first-order chi connectivity index (χ1) is 9.69. The van der Waals surface area contributed by atoms with Crippen molar-refractivity contribution in [1.29, 1.82) is 0 Å². The lowest BCUT2D eigenvalue weighted by molar-refractivity contribution is 0.0674. The van der Waals surface area contributed by atoms with Gasteiger partial charge in [0.25, 0.3) is 5.91 Å². The minimum Gasteiger partial charge on any atom is -0.423 e. The van der Waals surface area contributed by atoms with Crippen LogP contribution in [0.25, 0.3) is 0 Å². The third kappa shape index (κ3) is 2.18. The molecule has 0 aliphatic carbocycles. The van der Waals surface area contributed by atoms with Gasteiger partial charge < -0.3 is 14.1 Å². The maximum atomic E-state index is 12.5. The molecule has 0 bridgehead atoms. The maximum Gasteiger partial charge on any atom is 0.257 e. The van der Waals surface area contributed by atoms with E-state index in [1.165, 1.54) is 6.20 Å². The van der Waals surface area contributed by atoms with Crippen molar-refractivity contribution in [1.82, 2.24) is 25.3 Å². The van der Waals surface area contributed by atoms with Gasteiger partial charge in [0.2, 0.25) is 11.8 Å². The van der Waals surface area contributed by atoms with Crippen LogP contribution < -0.4 is 0 Å². The highest BCUT2D eigenvalue weighted by Crippen LogP contribution is 2.33. The summed E-state index contributed by atoms with van der Waals surface area (Å²) in [5.41, 5.74) is 0.503. The molecule has 8 heteroatoms. The second kappa shape index (κ2) is 5.04. The van der Waals surface area contributed by atoms with Gasteiger partial charge in [-0.15, -0.1) is 10.2 Å². The van der Waals surface area contributed by atoms with Gasteiger partial charge >= 0.3 is 0 Å². The summed E-state index contributed by atoms with van der Waals surface area (Å²) < 4.78 is 10.8. The summed E-state index contributed by atoms with van der Waals surface area (Å²) in [6, 6.07) is -0.261. The van der Waals surface area contributed by atoms with Crippen LogP contribution in [0, 0.1) is 6.92 Å². The maximum absolute atomic E-state index is 12.5. The molecule has 1 saturated heterocycles. The number of nitrogens with zero attached hydrogens (tertiary/aromatic N) is 4. The first kappa shape index (κ1) is 12.8. The number of nitrogens with one attached hydrogen (secondary N) is 1. The zero-order valence-corrected chi connectivity index (χ0v) is 11.2. The standard InChI is InChI=1S/C12H15N5O3/c1-7-15-16-11(20-7)10-3-9(19-2)6-17(10)12(18)8-4-13-14-5-8/h4-5,9-10H,3,6H2,1-2H3,(H,13,14)/t9-,10+/m0/s1. The fourth-order valence-corrected chi connectivity index (χ4v) is 2.41. The molecule has 3 rings (SSSR count). The molecule has 1 amide bonds. The van der Waals surface area contributed by atoms with Crippen LogP contribution in [0.5, 0.6) is 0 Å². The third-order valence-electron chi connectivity index (χ3n) is 3.43. The molecule has 8 nitrogen and oxygen atoms in total. The molecule has 1 aliphatic rings. The van der Waals surface area contributed by atoms with Gasteiger partial charge in [-0.1, -0.05) is 0 Å². The van der Waals surface area contributed by atoms with Crippen molar-refractivity contribution >= 4 is 5.91 Å². The fraction of sp³-hybridized carbons (Fsp3) is 0.500. The zero-order valence-electron chi connectivity index (χ0n) is 11.2. The summed E-state index contributed by atoms with van der Waals surface area (Å²) >= 11 is 0. The third-order valence-corrected chi connectivity index (χ3v) is 3.43. The molecule has 20 heavy (non-hydrogen) atoms. The first-order valence-electron chi connectivity index (χ1n) is 6.31. The lowest BCUT2D eigenvalue weighted by Gasteiger charge is -2.20. The van der Waals surface area contributed by atoms with Gasteiger partial charge in [0.1, 0.15) is 6.04 Å². The minimum atomic E-state index is -0.261. The Morgan fingerprint density at radius 1 is 1.55 bits per heavy atom. The highest BCUT2D eigenvalue weighted by atomic mass is 16.5. The van der Waals surface area contributed by atoms with Crippen LogP contribution >= 0.6 is 0 Å². The Hall–Kier alpha value is -2.22. The molecule has 2 aromatic heterocycles. The van der Waals surface area contributed by atoms with E-state index in [-0.39, 0.29) is 18.1 Å². The summed E-state index contributed by atoms with van der Waals surface area (Å²) in [6.07, 6.45) is 3.67. The molecule has 106 valence electrons. The average Bonchev–Trinajstić information content (AvgIpc) is 3.17. The van der Waals surface area contributed by atoms with Crippen molar-refractivity contribution in [3.8, 4) is 0 Å². The zero-order chi connectivity index (χ0) is 14.1. The Morgan fingerprint density at radius 3 is 3.00 bits per heavy atom. The van der Waals surface area contributed by atoms with E-state index < -0.39 is 0 Å². The number of H-pyrrole nitrogens is 1. The Kier molecular flexibility index (Phi) is 3.23. The first-order valence-corrected chi connectivity index (χ1v) is 6.31. The molecule has 2 atom stereocenters. The molecule has 0 aromatic carbocycles. The highest BCUT2D eigenvalue weighted by molar-refractivity contribution is 5.94. The lowest BCUT2D eigenvalue weighted by Crippen LogP contribution is -2.32. The number of carbonyl (C=O) groups is 1. The number of rotatable bonds is 3. The second-order valence-electron chi connectivity index (χ2n) is 4.71. The number of amides is 1. The Labute approximate surface area is 115 Å². The van der Waals surface area contributed by atoms with Crippen molar-refractivity contribution in [2.75, 3.05) is 13.7 Å². The predicted octanol–water partition coefficient (Wildman–Crippen LogP) is 0.703. The Bertz CT molecular complexity index is 594. The monoisotopic (exact) mass is 277 g/mol. The van der Waals surface area contributed by atoms with Crippen molar-refractivity contribution < 1.29 is 13.9 Å². The summed E-state index contributed by atoms with van der Waals surface area (Å²) in [5, 5.41) is 14.3. The molecule has 0 unspecified atom stereocenters. The minimum absolute atomic E-state index is 0.0388. The van der Waals surface area contributed by atoms with Crippen LogP contribution in [0.1, 0.15) is 34.6 Å². The van der Waals surface area contributed by atoms with Crippen molar-refractivity contribution in [2.45, 2.75) is 25.5 Å². The fourth-order valence-electron chi connectivity index (χ4n) is 2.41. The molecule has 0 saturated carbocycles. The Balaban J connectivity index is 1.88. The van der Waals surface area contributed by atoms with E-state index in [0.29, 0.717) is 30.3 Å². The van der Waals surface area contributed by atoms with Gasteiger partial charge in [0.05, 0.1) is 17.9 Å². The number of aromatic nitrogens is 4. The number of hydrogen-bond acceptors (Lipinski definition) is 6. The van der Waals surface area contributed by atoms with Crippen LogP contribution in [0.15, 0.2) is 16.8 Å². The van der Waals surface area contributed by atoms with Crippen molar-refractivity contribution in [2.24, 2.45) is 0 Å². The quantitative estimate of drug-likeness (QED) is 0.887.